The van der Waals surface area contributed by atoms with Gasteiger partial charge in [-0.2, -0.15) is 15.8 Å². The van der Waals surface area contributed by atoms with Crippen molar-refractivity contribution in [3.8, 4) is 18.2 Å². The molecule has 2 bridgehead atoms. The highest BCUT2D eigenvalue weighted by Crippen LogP contribution is 2.69. The van der Waals surface area contributed by atoms with Crippen molar-refractivity contribution in [2.24, 2.45) is 16.7 Å². The van der Waals surface area contributed by atoms with Crippen molar-refractivity contribution in [3.63, 3.8) is 0 Å². The summed E-state index contributed by atoms with van der Waals surface area (Å²) in [6.07, 6.45) is -1.31. The molecule has 2 aromatic carbocycles. The van der Waals surface area contributed by atoms with Crippen LogP contribution in [0.25, 0.3) is 0 Å². The molecule has 0 amide bonds. The Balaban J connectivity index is 2.04. The molecule has 9 heteroatoms. The Hall–Kier alpha value is -2.96. The number of hydrogen-bond donors (Lipinski definition) is 1. The summed E-state index contributed by atoms with van der Waals surface area (Å²) in [5, 5.41) is 39.6. The van der Waals surface area contributed by atoms with Crippen LogP contribution < -0.4 is 0 Å². The number of nitriles is 3. The third-order valence-corrected chi connectivity index (χ3v) is 7.02. The minimum absolute atomic E-state index is 0.104. The number of hydrogen-bond acceptors (Lipinski definition) is 6. The minimum atomic E-state index is -2.12. The van der Waals surface area contributed by atoms with Crippen molar-refractivity contribution >= 4 is 33.4 Å². The highest BCUT2D eigenvalue weighted by molar-refractivity contribution is 9.10. The van der Waals surface area contributed by atoms with Crippen LogP contribution in [-0.2, 0) is 15.3 Å². The third kappa shape index (κ3) is 2.52. The molecular weight excluding hydrogens is 487 g/mol. The van der Waals surface area contributed by atoms with Crippen LogP contribution in [-0.4, -0.2) is 5.90 Å². The van der Waals surface area contributed by atoms with Crippen LogP contribution in [0.3, 0.4) is 0 Å². The highest BCUT2D eigenvalue weighted by Gasteiger charge is 2.79. The lowest BCUT2D eigenvalue weighted by Crippen LogP contribution is -2.57. The Morgan fingerprint density at radius 1 is 1.10 bits per heavy atom. The number of benzene rings is 2. The van der Waals surface area contributed by atoms with Crippen molar-refractivity contribution < 1.29 is 13.9 Å². The van der Waals surface area contributed by atoms with Gasteiger partial charge in [0.15, 0.2) is 5.41 Å². The summed E-state index contributed by atoms with van der Waals surface area (Å²) >= 11 is 9.12. The summed E-state index contributed by atoms with van der Waals surface area (Å²) in [5.41, 5.74) is -3.29. The zero-order valence-corrected chi connectivity index (χ0v) is 18.3. The van der Waals surface area contributed by atoms with E-state index < -0.39 is 40.4 Å². The van der Waals surface area contributed by atoms with Gasteiger partial charge in [-0.1, -0.05) is 36.7 Å². The first-order chi connectivity index (χ1) is 14.7. The summed E-state index contributed by atoms with van der Waals surface area (Å²) in [7, 11) is 0. The molecule has 0 saturated carbocycles. The molecule has 4 unspecified atom stereocenters. The van der Waals surface area contributed by atoms with Gasteiger partial charge in [-0.3, -0.25) is 5.41 Å². The average molecular weight is 500 g/mol. The van der Waals surface area contributed by atoms with E-state index in [1.165, 1.54) is 18.2 Å². The summed E-state index contributed by atoms with van der Waals surface area (Å²) < 4.78 is 26.2. The standard InChI is InChI=1S/C22H13BrClFN4O2/c1-12-21(11-28)19(29)31-22(12,14-3-5-15(24)6-4-14)30-18(20(21,9-26)10-27)13-2-7-17(25)16(23)8-13/h2-8,12,18,29H,1H3. The lowest BCUT2D eigenvalue weighted by atomic mass is 9.53. The zero-order valence-electron chi connectivity index (χ0n) is 16.0. The van der Waals surface area contributed by atoms with E-state index in [4.69, 9.17) is 26.5 Å². The molecule has 1 N–H and O–H groups in total. The van der Waals surface area contributed by atoms with Gasteiger partial charge in [0.1, 0.15) is 11.9 Å². The maximum absolute atomic E-state index is 13.9. The molecular formula is C22H13BrClFN4O2. The van der Waals surface area contributed by atoms with Gasteiger partial charge in [-0.15, -0.1) is 0 Å². The molecule has 0 spiro atoms. The lowest BCUT2D eigenvalue weighted by Gasteiger charge is -2.48. The fourth-order valence-electron chi connectivity index (χ4n) is 4.53. The number of fused-ring (bicyclic) bond motifs is 2. The average Bonchev–Trinajstić information content (AvgIpc) is 2.92. The third-order valence-electron chi connectivity index (χ3n) is 6.16. The van der Waals surface area contributed by atoms with Crippen molar-refractivity contribution in [2.45, 2.75) is 18.8 Å². The van der Waals surface area contributed by atoms with E-state index in [0.29, 0.717) is 16.1 Å². The zero-order chi connectivity index (χ0) is 22.6. The van der Waals surface area contributed by atoms with Gasteiger partial charge in [0.05, 0.1) is 28.6 Å². The summed E-state index contributed by atoms with van der Waals surface area (Å²) in [5.74, 6) is -3.58. The first-order valence-corrected chi connectivity index (χ1v) is 10.3. The number of ether oxygens (including phenoxy) is 2. The molecule has 2 aliphatic rings. The number of rotatable bonds is 2. The lowest BCUT2D eigenvalue weighted by molar-refractivity contribution is -0.288. The van der Waals surface area contributed by atoms with Gasteiger partial charge in [0.25, 0.3) is 0 Å². The molecule has 2 aliphatic heterocycles. The molecule has 0 radical (unpaired) electrons. The monoisotopic (exact) mass is 498 g/mol. The van der Waals surface area contributed by atoms with Crippen molar-refractivity contribution in [1.82, 2.24) is 0 Å². The molecule has 4 atom stereocenters. The second-order valence-electron chi connectivity index (χ2n) is 7.45. The first-order valence-electron chi connectivity index (χ1n) is 9.13. The van der Waals surface area contributed by atoms with Crippen molar-refractivity contribution in [2.75, 3.05) is 0 Å². The van der Waals surface area contributed by atoms with Gasteiger partial charge in [0, 0.05) is 10.6 Å². The molecule has 6 nitrogen and oxygen atoms in total. The normalized spacial score (nSPS) is 30.5. The Bertz CT molecular complexity index is 1220. The van der Waals surface area contributed by atoms with Gasteiger partial charge < -0.3 is 9.47 Å². The van der Waals surface area contributed by atoms with E-state index in [9.17, 15) is 20.2 Å². The van der Waals surface area contributed by atoms with Crippen LogP contribution >= 0.6 is 27.5 Å². The fourth-order valence-corrected chi connectivity index (χ4v) is 5.05. The largest absolute Gasteiger partial charge is 0.443 e. The molecule has 4 rings (SSSR count). The first kappa shape index (κ1) is 21.3. The van der Waals surface area contributed by atoms with E-state index in [-0.39, 0.29) is 4.47 Å². The van der Waals surface area contributed by atoms with Crippen LogP contribution in [0, 0.1) is 62.0 Å². The van der Waals surface area contributed by atoms with Crippen molar-refractivity contribution in [1.29, 1.82) is 21.2 Å². The quantitative estimate of drug-likeness (QED) is 0.598. The number of nitrogens with zero attached hydrogens (tertiary/aromatic N) is 3. The highest BCUT2D eigenvalue weighted by atomic mass is 79.9. The summed E-state index contributed by atoms with van der Waals surface area (Å²) in [6.45, 7) is 1.61. The maximum atomic E-state index is 13.9. The molecule has 0 aliphatic carbocycles. The van der Waals surface area contributed by atoms with Crippen molar-refractivity contribution in [3.05, 3.63) is 68.9 Å². The Morgan fingerprint density at radius 2 is 1.74 bits per heavy atom. The Kier molecular flexibility index (Phi) is 4.83. The minimum Gasteiger partial charge on any atom is -0.443 e. The van der Waals surface area contributed by atoms with E-state index in [1.807, 2.05) is 18.2 Å². The summed E-state index contributed by atoms with van der Waals surface area (Å²) in [4.78, 5) is 0. The van der Waals surface area contributed by atoms with Gasteiger partial charge in [-0.25, -0.2) is 4.39 Å². The number of halogens is 3. The topological polar surface area (TPSA) is 114 Å². The van der Waals surface area contributed by atoms with E-state index in [1.54, 1.807) is 31.2 Å². The smallest absolute Gasteiger partial charge is 0.244 e. The van der Waals surface area contributed by atoms with E-state index in [2.05, 4.69) is 15.9 Å². The Labute approximate surface area is 191 Å². The predicted molar refractivity (Wildman–Crippen MR) is 111 cm³/mol. The Morgan fingerprint density at radius 3 is 2.29 bits per heavy atom. The fraction of sp³-hybridized carbons (Fsp3) is 0.273. The molecule has 154 valence electrons. The van der Waals surface area contributed by atoms with Gasteiger partial charge in [-0.05, 0) is 45.8 Å². The predicted octanol–water partition coefficient (Wildman–Crippen LogP) is 5.35. The van der Waals surface area contributed by atoms with Gasteiger partial charge >= 0.3 is 0 Å². The molecule has 2 aromatic rings. The van der Waals surface area contributed by atoms with Crippen LogP contribution in [0.1, 0.15) is 24.2 Å². The van der Waals surface area contributed by atoms with Gasteiger partial charge in [0.2, 0.25) is 17.1 Å². The second-order valence-corrected chi connectivity index (χ2v) is 8.74. The molecule has 2 fully saturated rings. The van der Waals surface area contributed by atoms with Crippen LogP contribution in [0.15, 0.2) is 46.9 Å². The SMILES string of the molecule is CC1C2(c3ccc(Cl)cc3)OC(=N)C1(C#N)C(C#N)(C#N)C(c1ccc(F)c(Br)c1)O2. The van der Waals surface area contributed by atoms with E-state index in [0.717, 1.165) is 0 Å². The van der Waals surface area contributed by atoms with Crippen LogP contribution in [0.2, 0.25) is 5.02 Å². The molecule has 0 aromatic heterocycles. The number of nitrogens with one attached hydrogen (secondary N) is 1. The molecule has 2 saturated heterocycles. The summed E-state index contributed by atoms with van der Waals surface area (Å²) in [6, 6.07) is 16.4. The van der Waals surface area contributed by atoms with E-state index >= 15 is 0 Å². The second kappa shape index (κ2) is 7.04. The van der Waals surface area contributed by atoms with Crippen LogP contribution in [0.4, 0.5) is 4.39 Å². The molecule has 2 heterocycles. The van der Waals surface area contributed by atoms with Crippen LogP contribution in [0.5, 0.6) is 0 Å². The molecule has 31 heavy (non-hydrogen) atoms. The maximum Gasteiger partial charge on any atom is 0.244 e.